The molecule has 1 aliphatic heterocycles. The zero-order valence-corrected chi connectivity index (χ0v) is 13.7. The maximum Gasteiger partial charge on any atom is 0.266 e. The van der Waals surface area contributed by atoms with E-state index in [1.54, 1.807) is 6.07 Å². The Morgan fingerprint density at radius 1 is 1.04 bits per heavy atom. The van der Waals surface area contributed by atoms with Gasteiger partial charge in [0.25, 0.3) is 15.9 Å². The van der Waals surface area contributed by atoms with E-state index >= 15 is 0 Å². The number of hydrogen-bond acceptors (Lipinski definition) is 6. The zero-order valence-electron chi connectivity index (χ0n) is 12.9. The number of hydrogen-bond donors (Lipinski definition) is 2. The van der Waals surface area contributed by atoms with E-state index < -0.39 is 15.9 Å². The van der Waals surface area contributed by atoms with Crippen LogP contribution in [0.4, 0.5) is 0 Å². The average molecular weight is 359 g/mol. The summed E-state index contributed by atoms with van der Waals surface area (Å²) in [6.07, 6.45) is 0. The molecule has 0 saturated heterocycles. The molecule has 0 aliphatic carbocycles. The highest BCUT2D eigenvalue weighted by Crippen LogP contribution is 2.30. The number of hydrazine groups is 1. The molecule has 25 heavy (non-hydrogen) atoms. The van der Waals surface area contributed by atoms with Crippen LogP contribution in [0.15, 0.2) is 47.4 Å². The summed E-state index contributed by atoms with van der Waals surface area (Å²) in [4.78, 5) is 14.1. The van der Waals surface area contributed by atoms with Gasteiger partial charge in [0.1, 0.15) is 13.2 Å². The van der Waals surface area contributed by atoms with E-state index in [2.05, 4.69) is 5.43 Å². The normalized spacial score (nSPS) is 12.9. The van der Waals surface area contributed by atoms with Crippen molar-refractivity contribution >= 4 is 15.9 Å². The Morgan fingerprint density at radius 3 is 2.40 bits per heavy atom. The molecular weight excluding hydrogens is 346 g/mol. The second-order valence-corrected chi connectivity index (χ2v) is 6.74. The molecular formula is C16H13N3O5S. The summed E-state index contributed by atoms with van der Waals surface area (Å²) in [5, 5.41) is 8.73. The fourth-order valence-electron chi connectivity index (χ4n) is 2.14. The number of amides is 1. The molecule has 3 rings (SSSR count). The highest BCUT2D eigenvalue weighted by molar-refractivity contribution is 7.89. The fourth-order valence-corrected chi connectivity index (χ4v) is 2.98. The van der Waals surface area contributed by atoms with Crippen LogP contribution >= 0.6 is 0 Å². The maximum absolute atomic E-state index is 12.1. The molecule has 0 saturated carbocycles. The Morgan fingerprint density at radius 2 is 1.72 bits per heavy atom. The highest BCUT2D eigenvalue weighted by atomic mass is 32.2. The van der Waals surface area contributed by atoms with Crippen molar-refractivity contribution in [1.29, 1.82) is 5.26 Å². The molecule has 9 heteroatoms. The van der Waals surface area contributed by atoms with Crippen molar-refractivity contribution in [3.8, 4) is 17.6 Å². The van der Waals surface area contributed by atoms with E-state index in [4.69, 9.17) is 14.7 Å². The maximum atomic E-state index is 12.1. The first-order valence-electron chi connectivity index (χ1n) is 7.21. The first-order chi connectivity index (χ1) is 12.0. The van der Waals surface area contributed by atoms with E-state index in [9.17, 15) is 13.2 Å². The Labute approximate surface area is 144 Å². The Bertz CT molecular complexity index is 949. The fraction of sp³-hybridized carbons (Fsp3) is 0.125. The molecule has 0 aromatic heterocycles. The number of nitrogens with zero attached hydrogens (tertiary/aromatic N) is 1. The van der Waals surface area contributed by atoms with Gasteiger partial charge in [-0.2, -0.15) is 5.26 Å². The average Bonchev–Trinajstić information content (AvgIpc) is 2.65. The second kappa shape index (κ2) is 6.80. The van der Waals surface area contributed by atoms with Crippen LogP contribution in [0.1, 0.15) is 15.9 Å². The van der Waals surface area contributed by atoms with Crippen LogP contribution in [-0.4, -0.2) is 27.5 Å². The Hall–Kier alpha value is -3.09. The van der Waals surface area contributed by atoms with Gasteiger partial charge in [0, 0.05) is 5.56 Å². The number of carbonyl (C=O) groups excluding carboxylic acids is 1. The van der Waals surface area contributed by atoms with Gasteiger partial charge in [0.05, 0.1) is 16.5 Å². The lowest BCUT2D eigenvalue weighted by atomic mass is 10.2. The molecule has 8 nitrogen and oxygen atoms in total. The van der Waals surface area contributed by atoms with Crippen molar-refractivity contribution in [2.75, 3.05) is 13.2 Å². The standard InChI is InChI=1S/C16H13N3O5S/c17-10-11-1-4-13(5-2-11)25(21,22)19-18-16(20)12-3-6-14-15(9-12)24-8-7-23-14/h1-6,9,19H,7-8H2,(H,18,20). The van der Waals surface area contributed by atoms with Crippen LogP contribution in [-0.2, 0) is 10.0 Å². The zero-order chi connectivity index (χ0) is 17.9. The van der Waals surface area contributed by atoms with Gasteiger partial charge >= 0.3 is 0 Å². The smallest absolute Gasteiger partial charge is 0.266 e. The summed E-state index contributed by atoms with van der Waals surface area (Å²) in [6.45, 7) is 0.812. The molecule has 0 fully saturated rings. The number of benzene rings is 2. The van der Waals surface area contributed by atoms with Gasteiger partial charge in [-0.3, -0.25) is 10.2 Å². The number of carbonyl (C=O) groups is 1. The number of ether oxygens (including phenoxy) is 2. The number of rotatable bonds is 4. The summed E-state index contributed by atoms with van der Waals surface area (Å²) >= 11 is 0. The van der Waals surface area contributed by atoms with Gasteiger partial charge in [-0.25, -0.2) is 8.42 Å². The van der Waals surface area contributed by atoms with E-state index in [0.717, 1.165) is 0 Å². The second-order valence-electron chi connectivity index (χ2n) is 5.05. The predicted octanol–water partition coefficient (Wildman–Crippen LogP) is 0.953. The molecule has 0 atom stereocenters. The van der Waals surface area contributed by atoms with Crippen LogP contribution in [0.3, 0.4) is 0 Å². The first kappa shape index (κ1) is 16.8. The Kier molecular flexibility index (Phi) is 4.56. The molecule has 0 bridgehead atoms. The van der Waals surface area contributed by atoms with Crippen molar-refractivity contribution in [2.45, 2.75) is 4.90 Å². The molecule has 1 aliphatic rings. The predicted molar refractivity (Wildman–Crippen MR) is 86.4 cm³/mol. The van der Waals surface area contributed by atoms with Crippen molar-refractivity contribution in [1.82, 2.24) is 10.3 Å². The van der Waals surface area contributed by atoms with Crippen molar-refractivity contribution < 1.29 is 22.7 Å². The van der Waals surface area contributed by atoms with Gasteiger partial charge in [-0.15, -0.1) is 4.83 Å². The van der Waals surface area contributed by atoms with Gasteiger partial charge in [-0.1, -0.05) is 0 Å². The minimum absolute atomic E-state index is 0.0750. The summed E-state index contributed by atoms with van der Waals surface area (Å²) in [7, 11) is -3.95. The first-order valence-corrected chi connectivity index (χ1v) is 8.70. The minimum atomic E-state index is -3.95. The van der Waals surface area contributed by atoms with Gasteiger partial charge in [0.15, 0.2) is 11.5 Å². The molecule has 2 aromatic rings. The summed E-state index contributed by atoms with van der Waals surface area (Å²) in [5.41, 5.74) is 2.68. The van der Waals surface area contributed by atoms with E-state index in [1.165, 1.54) is 36.4 Å². The topological polar surface area (TPSA) is 118 Å². The lowest BCUT2D eigenvalue weighted by Gasteiger charge is -2.18. The lowest BCUT2D eigenvalue weighted by molar-refractivity contribution is 0.0944. The Balaban J connectivity index is 1.69. The minimum Gasteiger partial charge on any atom is -0.486 e. The van der Waals surface area contributed by atoms with Crippen LogP contribution < -0.4 is 19.7 Å². The van der Waals surface area contributed by atoms with Gasteiger partial charge in [0.2, 0.25) is 0 Å². The SMILES string of the molecule is N#Cc1ccc(S(=O)(=O)NNC(=O)c2ccc3c(c2)OCCO3)cc1. The van der Waals surface area contributed by atoms with E-state index in [-0.39, 0.29) is 10.5 Å². The van der Waals surface area contributed by atoms with Crippen LogP contribution in [0.2, 0.25) is 0 Å². The number of sulfonamides is 1. The molecule has 0 radical (unpaired) electrons. The summed E-state index contributed by atoms with van der Waals surface area (Å²) < 4.78 is 35.0. The third-order valence-corrected chi connectivity index (χ3v) is 4.66. The van der Waals surface area contributed by atoms with Gasteiger partial charge < -0.3 is 9.47 Å². The molecule has 2 aromatic carbocycles. The molecule has 0 spiro atoms. The molecule has 0 unspecified atom stereocenters. The monoisotopic (exact) mass is 359 g/mol. The lowest BCUT2D eigenvalue weighted by Crippen LogP contribution is -2.41. The molecule has 128 valence electrons. The van der Waals surface area contributed by atoms with E-state index in [1.807, 2.05) is 10.9 Å². The van der Waals surface area contributed by atoms with Crippen LogP contribution in [0, 0.1) is 11.3 Å². The van der Waals surface area contributed by atoms with Crippen molar-refractivity contribution in [2.24, 2.45) is 0 Å². The number of nitriles is 1. The quantitative estimate of drug-likeness (QED) is 0.785. The summed E-state index contributed by atoms with van der Waals surface area (Å²) in [5.74, 6) is 0.309. The van der Waals surface area contributed by atoms with Crippen LogP contribution in [0.5, 0.6) is 11.5 Å². The third-order valence-electron chi connectivity index (χ3n) is 3.40. The molecule has 2 N–H and O–H groups in total. The van der Waals surface area contributed by atoms with E-state index in [0.29, 0.717) is 30.3 Å². The number of fused-ring (bicyclic) bond motifs is 1. The van der Waals surface area contributed by atoms with Crippen molar-refractivity contribution in [3.63, 3.8) is 0 Å². The van der Waals surface area contributed by atoms with Crippen molar-refractivity contribution in [3.05, 3.63) is 53.6 Å². The van der Waals surface area contributed by atoms with Crippen LogP contribution in [0.25, 0.3) is 0 Å². The largest absolute Gasteiger partial charge is 0.486 e. The third kappa shape index (κ3) is 3.71. The number of nitrogens with one attached hydrogen (secondary N) is 2. The summed E-state index contributed by atoms with van der Waals surface area (Å²) in [6, 6.07) is 11.7. The highest BCUT2D eigenvalue weighted by Gasteiger charge is 2.18. The molecule has 1 amide bonds. The molecule has 1 heterocycles. The van der Waals surface area contributed by atoms with Gasteiger partial charge in [-0.05, 0) is 42.5 Å².